The molecule has 0 rings (SSSR count). The maximum Gasteiger partial charge on any atom is 0.315 e. The third kappa shape index (κ3) is 17.0. The van der Waals surface area contributed by atoms with Gasteiger partial charge in [0.05, 0.1) is 13.7 Å². The lowest BCUT2D eigenvalue weighted by Gasteiger charge is -2.07. The Hall–Kier alpha value is -1.59. The predicted octanol–water partition coefficient (Wildman–Crippen LogP) is 3.73. The van der Waals surface area contributed by atoms with Crippen LogP contribution in [0.3, 0.4) is 0 Å². The molecule has 0 saturated heterocycles. The Morgan fingerprint density at radius 2 is 1.36 bits per heavy atom. The van der Waals surface area contributed by atoms with Gasteiger partial charge in [-0.15, -0.1) is 0 Å². The molecule has 0 heterocycles. The van der Waals surface area contributed by atoms with Gasteiger partial charge in [0, 0.05) is 19.4 Å². The molecule has 0 aliphatic rings. The highest BCUT2D eigenvalue weighted by molar-refractivity contribution is 5.85. The van der Waals surface area contributed by atoms with Crippen LogP contribution >= 0.6 is 0 Å². The number of hydrogen-bond acceptors (Lipinski definition) is 4. The van der Waals surface area contributed by atoms with Gasteiger partial charge in [-0.2, -0.15) is 0 Å². The van der Waals surface area contributed by atoms with E-state index in [9.17, 15) is 14.4 Å². The number of rotatable bonds is 16. The fraction of sp³-hybridized carbons (Fsp3) is 0.842. The van der Waals surface area contributed by atoms with Gasteiger partial charge in [0.2, 0.25) is 0 Å². The second-order valence-electron chi connectivity index (χ2n) is 6.41. The molecular formula is C19H36N2O4. The molecule has 0 saturated carbocycles. The lowest BCUT2D eigenvalue weighted by atomic mass is 10.1. The summed E-state index contributed by atoms with van der Waals surface area (Å²) >= 11 is 0. The van der Waals surface area contributed by atoms with E-state index in [4.69, 9.17) is 0 Å². The zero-order valence-corrected chi connectivity index (χ0v) is 16.0. The fourth-order valence-electron chi connectivity index (χ4n) is 2.48. The van der Waals surface area contributed by atoms with Gasteiger partial charge in [0.15, 0.2) is 5.78 Å². The molecule has 6 nitrogen and oxygen atoms in total. The van der Waals surface area contributed by atoms with Crippen LogP contribution in [0.2, 0.25) is 0 Å². The second kappa shape index (κ2) is 17.2. The molecule has 0 aliphatic heterocycles. The van der Waals surface area contributed by atoms with Crippen molar-refractivity contribution in [1.29, 1.82) is 0 Å². The van der Waals surface area contributed by atoms with Crippen molar-refractivity contribution >= 4 is 17.8 Å². The van der Waals surface area contributed by atoms with Crippen molar-refractivity contribution in [3.63, 3.8) is 0 Å². The summed E-state index contributed by atoms with van der Waals surface area (Å²) in [4.78, 5) is 34.2. The third-order valence-electron chi connectivity index (χ3n) is 4.08. The number of hydrogen-bond donors (Lipinski definition) is 2. The lowest BCUT2D eigenvalue weighted by molar-refractivity contribution is -0.140. The summed E-state index contributed by atoms with van der Waals surface area (Å²) in [6.45, 7) is 2.88. The molecular weight excluding hydrogens is 320 g/mol. The van der Waals surface area contributed by atoms with Gasteiger partial charge in [-0.3, -0.25) is 9.59 Å². The van der Waals surface area contributed by atoms with E-state index >= 15 is 0 Å². The molecule has 0 aromatic rings. The highest BCUT2D eigenvalue weighted by Gasteiger charge is 2.05. The van der Waals surface area contributed by atoms with E-state index in [-0.39, 0.29) is 24.3 Å². The van der Waals surface area contributed by atoms with Gasteiger partial charge in [-0.05, 0) is 19.3 Å². The van der Waals surface area contributed by atoms with Gasteiger partial charge in [0.25, 0.3) is 0 Å². The molecule has 2 amide bonds. The standard InChI is InChI=1S/C19H36N2O4/c1-3-4-5-6-7-10-13-17(22)16-21-19(24)20-15-12-9-8-11-14-18(23)25-2/h3-16H2,1-2H3,(H2,20,21,24). The number of nitrogens with one attached hydrogen (secondary N) is 2. The number of carbonyl (C=O) groups excluding carboxylic acids is 3. The monoisotopic (exact) mass is 356 g/mol. The van der Waals surface area contributed by atoms with Crippen molar-refractivity contribution in [2.45, 2.75) is 84.0 Å². The summed E-state index contributed by atoms with van der Waals surface area (Å²) in [5.41, 5.74) is 0. The Bertz CT molecular complexity index is 372. The first kappa shape index (κ1) is 23.4. The van der Waals surface area contributed by atoms with Crippen LogP contribution in [0.4, 0.5) is 4.79 Å². The number of amides is 2. The molecule has 25 heavy (non-hydrogen) atoms. The van der Waals surface area contributed by atoms with E-state index in [2.05, 4.69) is 22.3 Å². The first-order valence-electron chi connectivity index (χ1n) is 9.70. The van der Waals surface area contributed by atoms with Crippen molar-refractivity contribution in [3.05, 3.63) is 0 Å². The molecule has 6 heteroatoms. The highest BCUT2D eigenvalue weighted by atomic mass is 16.5. The van der Waals surface area contributed by atoms with Crippen molar-refractivity contribution in [1.82, 2.24) is 10.6 Å². The largest absolute Gasteiger partial charge is 0.469 e. The van der Waals surface area contributed by atoms with E-state index in [1.54, 1.807) is 0 Å². The van der Waals surface area contributed by atoms with Gasteiger partial charge in [0.1, 0.15) is 0 Å². The van der Waals surface area contributed by atoms with E-state index in [1.807, 2.05) is 0 Å². The molecule has 2 N–H and O–H groups in total. The summed E-state index contributed by atoms with van der Waals surface area (Å²) in [5, 5.41) is 5.35. The molecule has 0 aromatic heterocycles. The molecule has 0 radical (unpaired) electrons. The maximum atomic E-state index is 11.7. The number of ketones is 1. The van der Waals surface area contributed by atoms with Crippen molar-refractivity contribution in [2.75, 3.05) is 20.2 Å². The predicted molar refractivity (Wildman–Crippen MR) is 99.5 cm³/mol. The van der Waals surface area contributed by atoms with Crippen LogP contribution in [0, 0.1) is 0 Å². The Labute approximate surface area is 152 Å². The number of esters is 1. The highest BCUT2D eigenvalue weighted by Crippen LogP contribution is 2.07. The average molecular weight is 357 g/mol. The molecule has 0 spiro atoms. The van der Waals surface area contributed by atoms with Crippen LogP contribution in [0.15, 0.2) is 0 Å². The van der Waals surface area contributed by atoms with E-state index in [0.717, 1.165) is 38.5 Å². The van der Waals surface area contributed by atoms with Crippen LogP contribution in [-0.4, -0.2) is 38.0 Å². The minimum absolute atomic E-state index is 0.0912. The fourth-order valence-corrected chi connectivity index (χ4v) is 2.48. The Morgan fingerprint density at radius 3 is 2.04 bits per heavy atom. The van der Waals surface area contributed by atoms with E-state index in [1.165, 1.54) is 32.8 Å². The molecule has 0 bridgehead atoms. The maximum absolute atomic E-state index is 11.7. The molecule has 0 atom stereocenters. The van der Waals surface area contributed by atoms with Crippen LogP contribution in [0.1, 0.15) is 84.0 Å². The van der Waals surface area contributed by atoms with Gasteiger partial charge >= 0.3 is 12.0 Å². The van der Waals surface area contributed by atoms with E-state index in [0.29, 0.717) is 19.4 Å². The molecule has 0 aliphatic carbocycles. The van der Waals surface area contributed by atoms with Crippen molar-refractivity contribution < 1.29 is 19.1 Å². The lowest BCUT2D eigenvalue weighted by Crippen LogP contribution is -2.38. The first-order chi connectivity index (χ1) is 12.1. The molecule has 0 fully saturated rings. The summed E-state index contributed by atoms with van der Waals surface area (Å²) in [7, 11) is 1.39. The van der Waals surface area contributed by atoms with Crippen LogP contribution in [0.5, 0.6) is 0 Å². The minimum atomic E-state index is -0.286. The van der Waals surface area contributed by atoms with E-state index < -0.39 is 0 Å². The quantitative estimate of drug-likeness (QED) is 0.326. The van der Waals surface area contributed by atoms with Crippen molar-refractivity contribution in [2.24, 2.45) is 0 Å². The Kier molecular flexibility index (Phi) is 16.1. The summed E-state index contributed by atoms with van der Waals surface area (Å²) in [6.07, 6.45) is 11.5. The first-order valence-corrected chi connectivity index (χ1v) is 9.70. The number of carbonyl (C=O) groups is 3. The number of urea groups is 1. The zero-order valence-electron chi connectivity index (χ0n) is 16.0. The van der Waals surface area contributed by atoms with Gasteiger partial charge in [-0.25, -0.2) is 4.79 Å². The summed E-state index contributed by atoms with van der Waals surface area (Å²) in [5.74, 6) is -0.0865. The van der Waals surface area contributed by atoms with Crippen molar-refractivity contribution in [3.8, 4) is 0 Å². The molecule has 0 unspecified atom stereocenters. The number of Topliss-reactive ketones (excluding diaryl/α,β-unsaturated/α-hetero) is 1. The zero-order chi connectivity index (χ0) is 18.8. The second-order valence-corrected chi connectivity index (χ2v) is 6.41. The van der Waals surface area contributed by atoms with Gasteiger partial charge in [-0.1, -0.05) is 51.9 Å². The molecule has 146 valence electrons. The number of methoxy groups -OCH3 is 1. The minimum Gasteiger partial charge on any atom is -0.469 e. The Morgan fingerprint density at radius 1 is 0.760 bits per heavy atom. The summed E-state index contributed by atoms with van der Waals surface area (Å²) in [6, 6.07) is -0.286. The number of ether oxygens (including phenoxy) is 1. The smallest absolute Gasteiger partial charge is 0.315 e. The third-order valence-corrected chi connectivity index (χ3v) is 4.08. The van der Waals surface area contributed by atoms with Gasteiger partial charge < -0.3 is 15.4 Å². The Balaban J connectivity index is 3.39. The normalized spacial score (nSPS) is 10.3. The average Bonchev–Trinajstić information content (AvgIpc) is 2.61. The topological polar surface area (TPSA) is 84.5 Å². The van der Waals surface area contributed by atoms with Crippen LogP contribution in [-0.2, 0) is 14.3 Å². The number of unbranched alkanes of at least 4 members (excludes halogenated alkanes) is 8. The summed E-state index contributed by atoms with van der Waals surface area (Å²) < 4.78 is 4.57. The molecule has 0 aromatic carbocycles. The SMILES string of the molecule is CCCCCCCCC(=O)CNC(=O)NCCCCCCC(=O)OC. The van der Waals surface area contributed by atoms with Crippen LogP contribution < -0.4 is 10.6 Å². The van der Waals surface area contributed by atoms with Crippen LogP contribution in [0.25, 0.3) is 0 Å².